The topological polar surface area (TPSA) is 48.9 Å². The Labute approximate surface area is 187 Å². The van der Waals surface area contributed by atoms with Crippen LogP contribution in [0, 0.1) is 5.82 Å². The highest BCUT2D eigenvalue weighted by molar-refractivity contribution is 5.79. The molecule has 3 rings (SSSR count). The summed E-state index contributed by atoms with van der Waals surface area (Å²) in [6.45, 7) is 4.79. The van der Waals surface area contributed by atoms with Gasteiger partial charge in [-0.15, -0.1) is 0 Å². The van der Waals surface area contributed by atoms with Crippen molar-refractivity contribution in [1.82, 2.24) is 15.5 Å². The zero-order chi connectivity index (χ0) is 21.7. The van der Waals surface area contributed by atoms with Crippen molar-refractivity contribution in [3.63, 3.8) is 0 Å². The minimum atomic E-state index is -0.169. The molecule has 0 unspecified atom stereocenters. The summed E-state index contributed by atoms with van der Waals surface area (Å²) >= 11 is 0. The third-order valence-corrected chi connectivity index (χ3v) is 6.49. The van der Waals surface area contributed by atoms with Crippen LogP contribution < -0.4 is 10.6 Å². The first-order valence-corrected chi connectivity index (χ1v) is 12.3. The Bertz CT molecular complexity index is 635. The van der Waals surface area contributed by atoms with E-state index in [1.165, 1.54) is 44.1 Å². The van der Waals surface area contributed by atoms with Crippen molar-refractivity contribution in [2.45, 2.75) is 82.9 Å². The number of guanidine groups is 1. The molecule has 1 aromatic carbocycles. The molecule has 0 bridgehead atoms. The molecule has 1 saturated carbocycles. The summed E-state index contributed by atoms with van der Waals surface area (Å²) in [5, 5.41) is 7.03. The van der Waals surface area contributed by atoms with Gasteiger partial charge in [0.15, 0.2) is 5.96 Å². The van der Waals surface area contributed by atoms with Gasteiger partial charge < -0.3 is 15.4 Å². The van der Waals surface area contributed by atoms with Gasteiger partial charge in [0.05, 0.1) is 6.10 Å². The van der Waals surface area contributed by atoms with Crippen LogP contribution in [0.5, 0.6) is 0 Å². The Hall–Kier alpha value is -1.66. The number of aliphatic imine (C=N–C) groups is 1. The lowest BCUT2D eigenvalue weighted by atomic mass is 10.0. The molecule has 0 amide bonds. The average molecular weight is 433 g/mol. The number of halogens is 1. The third-order valence-electron chi connectivity index (χ3n) is 6.49. The summed E-state index contributed by atoms with van der Waals surface area (Å²) in [4.78, 5) is 6.83. The number of unbranched alkanes of at least 4 members (excludes halogenated alkanes) is 1. The van der Waals surface area contributed by atoms with Crippen molar-refractivity contribution >= 4 is 5.96 Å². The highest BCUT2D eigenvalue weighted by Gasteiger charge is 2.20. The van der Waals surface area contributed by atoms with Crippen LogP contribution >= 0.6 is 0 Å². The quantitative estimate of drug-likeness (QED) is 0.262. The van der Waals surface area contributed by atoms with Crippen LogP contribution in [-0.4, -0.2) is 56.3 Å². The van der Waals surface area contributed by atoms with Gasteiger partial charge in [-0.25, -0.2) is 4.39 Å². The summed E-state index contributed by atoms with van der Waals surface area (Å²) in [5.41, 5.74) is 1.17. The molecule has 1 aliphatic heterocycles. The van der Waals surface area contributed by atoms with Gasteiger partial charge >= 0.3 is 0 Å². The maximum atomic E-state index is 13.1. The van der Waals surface area contributed by atoms with Crippen molar-refractivity contribution in [3.8, 4) is 0 Å². The predicted molar refractivity (Wildman–Crippen MR) is 126 cm³/mol. The van der Waals surface area contributed by atoms with E-state index in [0.717, 1.165) is 64.4 Å². The molecule has 1 aromatic rings. The first-order chi connectivity index (χ1) is 15.2. The molecule has 31 heavy (non-hydrogen) atoms. The number of benzene rings is 1. The number of hydrogen-bond acceptors (Lipinski definition) is 3. The second kappa shape index (κ2) is 13.7. The van der Waals surface area contributed by atoms with Gasteiger partial charge in [0, 0.05) is 45.9 Å². The zero-order valence-electron chi connectivity index (χ0n) is 19.3. The minimum Gasteiger partial charge on any atom is -0.378 e. The van der Waals surface area contributed by atoms with Gasteiger partial charge in [-0.1, -0.05) is 37.8 Å². The second-order valence-electron chi connectivity index (χ2n) is 9.01. The van der Waals surface area contributed by atoms with Crippen molar-refractivity contribution in [2.24, 2.45) is 4.99 Å². The normalized spacial score (nSPS) is 19.9. The summed E-state index contributed by atoms with van der Waals surface area (Å²) in [5.74, 6) is 0.736. The molecule has 174 valence electrons. The van der Waals surface area contributed by atoms with Gasteiger partial charge in [0.1, 0.15) is 5.82 Å². The molecule has 1 saturated heterocycles. The number of nitrogens with zero attached hydrogens (tertiary/aromatic N) is 2. The van der Waals surface area contributed by atoms with Crippen LogP contribution in [0.25, 0.3) is 0 Å². The average Bonchev–Trinajstić information content (AvgIpc) is 3.07. The molecule has 1 heterocycles. The zero-order valence-corrected chi connectivity index (χ0v) is 19.3. The Kier molecular flexibility index (Phi) is 10.6. The van der Waals surface area contributed by atoms with Crippen molar-refractivity contribution < 1.29 is 9.13 Å². The van der Waals surface area contributed by atoms with Crippen LogP contribution in [0.3, 0.4) is 0 Å². The maximum absolute atomic E-state index is 13.1. The monoisotopic (exact) mass is 432 g/mol. The first kappa shape index (κ1) is 24.0. The molecule has 2 fully saturated rings. The molecule has 6 heteroatoms. The van der Waals surface area contributed by atoms with E-state index in [1.807, 2.05) is 19.2 Å². The number of nitrogens with one attached hydrogen (secondary N) is 2. The Morgan fingerprint density at radius 1 is 1.03 bits per heavy atom. The highest BCUT2D eigenvalue weighted by Crippen LogP contribution is 2.20. The van der Waals surface area contributed by atoms with Crippen LogP contribution in [0.4, 0.5) is 4.39 Å². The fraction of sp³-hybridized carbons (Fsp3) is 0.720. The number of ether oxygens (including phenoxy) is 1. The van der Waals surface area contributed by atoms with E-state index < -0.39 is 0 Å². The van der Waals surface area contributed by atoms with E-state index >= 15 is 0 Å². The smallest absolute Gasteiger partial charge is 0.191 e. The van der Waals surface area contributed by atoms with Gasteiger partial charge in [-0.2, -0.15) is 0 Å². The predicted octanol–water partition coefficient (Wildman–Crippen LogP) is 4.47. The summed E-state index contributed by atoms with van der Waals surface area (Å²) in [7, 11) is 1.84. The van der Waals surface area contributed by atoms with Crippen LogP contribution in [0.2, 0.25) is 0 Å². The number of piperidine rings is 1. The van der Waals surface area contributed by atoms with Crippen molar-refractivity contribution in [2.75, 3.05) is 33.3 Å². The molecule has 2 N–H and O–H groups in total. The third kappa shape index (κ3) is 9.16. The molecular weight excluding hydrogens is 391 g/mol. The molecule has 0 aromatic heterocycles. The van der Waals surface area contributed by atoms with E-state index in [-0.39, 0.29) is 5.82 Å². The maximum Gasteiger partial charge on any atom is 0.191 e. The van der Waals surface area contributed by atoms with E-state index in [4.69, 9.17) is 4.74 Å². The second-order valence-corrected chi connectivity index (χ2v) is 9.01. The van der Waals surface area contributed by atoms with E-state index in [2.05, 4.69) is 20.5 Å². The lowest BCUT2D eigenvalue weighted by Crippen LogP contribution is -2.48. The van der Waals surface area contributed by atoms with E-state index in [9.17, 15) is 4.39 Å². The Morgan fingerprint density at radius 2 is 1.74 bits per heavy atom. The van der Waals surface area contributed by atoms with Gasteiger partial charge in [0.2, 0.25) is 0 Å². The molecule has 1 aliphatic carbocycles. The number of rotatable bonds is 9. The van der Waals surface area contributed by atoms with E-state index in [0.29, 0.717) is 12.1 Å². The van der Waals surface area contributed by atoms with Crippen molar-refractivity contribution in [1.29, 1.82) is 0 Å². The first-order valence-electron chi connectivity index (χ1n) is 12.3. The molecular formula is C25H41FN4O. The molecule has 5 nitrogen and oxygen atoms in total. The molecule has 2 aliphatic rings. The minimum absolute atomic E-state index is 0.169. The fourth-order valence-electron chi connectivity index (χ4n) is 4.56. The summed E-state index contributed by atoms with van der Waals surface area (Å²) in [6, 6.07) is 7.31. The lowest BCUT2D eigenvalue weighted by molar-refractivity contribution is 0.0411. The van der Waals surface area contributed by atoms with E-state index in [1.54, 1.807) is 12.1 Å². The Morgan fingerprint density at radius 3 is 2.42 bits per heavy atom. The van der Waals surface area contributed by atoms with Crippen molar-refractivity contribution in [3.05, 3.63) is 35.6 Å². The van der Waals surface area contributed by atoms with Gasteiger partial charge in [0.25, 0.3) is 0 Å². The molecule has 0 radical (unpaired) electrons. The highest BCUT2D eigenvalue weighted by atomic mass is 19.1. The van der Waals surface area contributed by atoms with Crippen LogP contribution in [0.15, 0.2) is 29.3 Å². The number of hydrogen-bond donors (Lipinski definition) is 2. The molecule has 0 spiro atoms. The van der Waals surface area contributed by atoms with Crippen LogP contribution in [-0.2, 0) is 11.3 Å². The lowest BCUT2D eigenvalue weighted by Gasteiger charge is -2.33. The largest absolute Gasteiger partial charge is 0.378 e. The number of likely N-dealkylation sites (tertiary alicyclic amines) is 1. The SMILES string of the molecule is CN=C(NCCCCOC1CCCCCC1)NC1CCN(Cc2ccc(F)cc2)CC1. The fourth-order valence-corrected chi connectivity index (χ4v) is 4.56. The Balaban J connectivity index is 1.24. The van der Waals surface area contributed by atoms with Gasteiger partial charge in [-0.05, 0) is 56.2 Å². The summed E-state index contributed by atoms with van der Waals surface area (Å²) in [6.07, 6.45) is 12.8. The summed E-state index contributed by atoms with van der Waals surface area (Å²) < 4.78 is 19.1. The van der Waals surface area contributed by atoms with Crippen LogP contribution in [0.1, 0.15) is 69.8 Å². The molecule has 0 atom stereocenters. The van der Waals surface area contributed by atoms with Gasteiger partial charge in [-0.3, -0.25) is 9.89 Å². The standard InChI is InChI=1S/C25H41FN4O/c1-27-25(28-16-6-7-19-31-24-8-4-2-3-5-9-24)29-23-14-17-30(18-15-23)20-21-10-12-22(26)13-11-21/h10-13,23-24H,2-9,14-20H2,1H3,(H2,27,28,29).